The van der Waals surface area contributed by atoms with Gasteiger partial charge in [-0.25, -0.2) is 0 Å². The van der Waals surface area contributed by atoms with Crippen LogP contribution >= 0.6 is 0 Å². The van der Waals surface area contributed by atoms with Crippen LogP contribution in [0.4, 0.5) is 0 Å². The molecule has 1 spiro atoms. The van der Waals surface area contributed by atoms with E-state index in [0.29, 0.717) is 22.7 Å². The smallest absolute Gasteiger partial charge is 0.302 e. The fraction of sp³-hybridized carbons (Fsp3) is 0.864. The van der Waals surface area contributed by atoms with E-state index in [4.69, 9.17) is 4.74 Å². The van der Waals surface area contributed by atoms with Crippen LogP contribution in [0.1, 0.15) is 79.6 Å². The van der Waals surface area contributed by atoms with Gasteiger partial charge in [0.15, 0.2) is 0 Å². The van der Waals surface area contributed by atoms with Gasteiger partial charge in [0.2, 0.25) is 0 Å². The minimum absolute atomic E-state index is 0.0922. The minimum atomic E-state index is -0.0922. The second kappa shape index (κ2) is 5.11. The van der Waals surface area contributed by atoms with Crippen molar-refractivity contribution in [2.45, 2.75) is 85.7 Å². The molecule has 134 valence electrons. The van der Waals surface area contributed by atoms with Crippen LogP contribution in [-0.2, 0) is 9.53 Å². The number of carbonyl (C=O) groups excluding carboxylic acids is 1. The van der Waals surface area contributed by atoms with Crippen LogP contribution in [0.5, 0.6) is 0 Å². The maximum absolute atomic E-state index is 11.9. The summed E-state index contributed by atoms with van der Waals surface area (Å²) in [5, 5.41) is 0. The monoisotopic (exact) mass is 330 g/mol. The van der Waals surface area contributed by atoms with Gasteiger partial charge in [-0.15, -0.1) is 0 Å². The highest BCUT2D eigenvalue weighted by Crippen LogP contribution is 2.71. The second-order valence-electron chi connectivity index (χ2n) is 10.3. The van der Waals surface area contributed by atoms with Crippen LogP contribution in [0.3, 0.4) is 0 Å². The standard InChI is InChI=1S/C22H34O2/c1-14-12-22-13-16(14)7-8-17(22)21(5)10-6-9-20(3,4)18(21)11-19(22)24-15(2)23/h12,16-19H,6-11,13H2,1-5H3/t16-,17+,18-,19+,21+,22+/m1/s1. The molecule has 3 saturated carbocycles. The maximum Gasteiger partial charge on any atom is 0.302 e. The number of ether oxygens (including phenoxy) is 1. The van der Waals surface area contributed by atoms with Crippen LogP contribution < -0.4 is 0 Å². The third-order valence-corrected chi connectivity index (χ3v) is 8.62. The molecule has 0 N–H and O–H groups in total. The molecule has 3 fully saturated rings. The lowest BCUT2D eigenvalue weighted by atomic mass is 9.40. The summed E-state index contributed by atoms with van der Waals surface area (Å²) in [6.07, 6.45) is 11.6. The number of hydrogen-bond acceptors (Lipinski definition) is 2. The summed E-state index contributed by atoms with van der Waals surface area (Å²) < 4.78 is 6.03. The fourth-order valence-electron chi connectivity index (χ4n) is 7.75. The first-order valence-corrected chi connectivity index (χ1v) is 10.1. The SMILES string of the molecule is CC(=O)O[C@H]1C[C@@H]2C(C)(C)CCC[C@@]2(C)[C@@H]2CC[C@@H]3C[C@]12C=C3C. The van der Waals surface area contributed by atoms with Crippen molar-refractivity contribution >= 4 is 5.97 Å². The van der Waals surface area contributed by atoms with Gasteiger partial charge in [0.1, 0.15) is 6.10 Å². The van der Waals surface area contributed by atoms with Crippen LogP contribution in [-0.4, -0.2) is 12.1 Å². The van der Waals surface area contributed by atoms with Gasteiger partial charge < -0.3 is 4.74 Å². The summed E-state index contributed by atoms with van der Waals surface area (Å²) in [5.74, 6) is 1.99. The van der Waals surface area contributed by atoms with E-state index >= 15 is 0 Å². The van der Waals surface area contributed by atoms with E-state index in [1.54, 1.807) is 12.5 Å². The molecule has 0 aromatic rings. The predicted molar refractivity (Wildman–Crippen MR) is 96.4 cm³/mol. The van der Waals surface area contributed by atoms with Crippen LogP contribution in [0, 0.1) is 34.0 Å². The van der Waals surface area contributed by atoms with Gasteiger partial charge in [-0.3, -0.25) is 4.79 Å². The van der Waals surface area contributed by atoms with E-state index in [1.807, 2.05) is 0 Å². The van der Waals surface area contributed by atoms with E-state index in [2.05, 4.69) is 33.8 Å². The zero-order chi connectivity index (χ0) is 17.3. The van der Waals surface area contributed by atoms with Crippen molar-refractivity contribution in [1.82, 2.24) is 0 Å². The molecule has 0 aliphatic heterocycles. The van der Waals surface area contributed by atoms with E-state index < -0.39 is 0 Å². The number of fused-ring (bicyclic) bond motifs is 3. The molecule has 4 rings (SSSR count). The lowest BCUT2D eigenvalue weighted by Crippen LogP contribution is -2.61. The molecule has 0 saturated heterocycles. The van der Waals surface area contributed by atoms with E-state index in [-0.39, 0.29) is 17.5 Å². The summed E-state index contributed by atoms with van der Waals surface area (Å²) in [4.78, 5) is 11.9. The van der Waals surface area contributed by atoms with Crippen LogP contribution in [0.2, 0.25) is 0 Å². The summed E-state index contributed by atoms with van der Waals surface area (Å²) in [7, 11) is 0. The number of carbonyl (C=O) groups is 1. The molecule has 4 aliphatic rings. The molecule has 2 nitrogen and oxygen atoms in total. The Morgan fingerprint density at radius 2 is 1.92 bits per heavy atom. The van der Waals surface area contributed by atoms with E-state index in [0.717, 1.165) is 12.3 Å². The first kappa shape index (κ1) is 16.7. The van der Waals surface area contributed by atoms with Gasteiger partial charge >= 0.3 is 5.97 Å². The van der Waals surface area contributed by atoms with Crippen LogP contribution in [0.15, 0.2) is 11.6 Å². The Morgan fingerprint density at radius 3 is 2.62 bits per heavy atom. The molecular formula is C22H34O2. The molecule has 4 aliphatic carbocycles. The summed E-state index contributed by atoms with van der Waals surface area (Å²) >= 11 is 0. The number of allylic oxidation sites excluding steroid dienone is 1. The number of esters is 1. The highest BCUT2D eigenvalue weighted by atomic mass is 16.5. The Balaban J connectivity index is 1.81. The van der Waals surface area contributed by atoms with Gasteiger partial charge in [0.05, 0.1) is 0 Å². The quantitative estimate of drug-likeness (QED) is 0.467. The minimum Gasteiger partial charge on any atom is -0.462 e. The molecule has 24 heavy (non-hydrogen) atoms. The number of rotatable bonds is 1. The summed E-state index contributed by atoms with van der Waals surface area (Å²) in [5.41, 5.74) is 2.45. The first-order valence-electron chi connectivity index (χ1n) is 10.1. The average Bonchev–Trinajstić information content (AvgIpc) is 2.71. The molecule has 6 atom stereocenters. The average molecular weight is 331 g/mol. The Morgan fingerprint density at radius 1 is 1.17 bits per heavy atom. The molecule has 0 amide bonds. The maximum atomic E-state index is 11.9. The molecule has 0 aromatic heterocycles. The van der Waals surface area contributed by atoms with Crippen molar-refractivity contribution in [2.75, 3.05) is 0 Å². The van der Waals surface area contributed by atoms with Crippen molar-refractivity contribution in [1.29, 1.82) is 0 Å². The third-order valence-electron chi connectivity index (χ3n) is 8.62. The highest BCUT2D eigenvalue weighted by Gasteiger charge is 2.66. The summed E-state index contributed by atoms with van der Waals surface area (Å²) in [6.45, 7) is 11.4. The molecule has 0 unspecified atom stereocenters. The van der Waals surface area contributed by atoms with Crippen molar-refractivity contribution < 1.29 is 9.53 Å². The molecule has 0 radical (unpaired) electrons. The third kappa shape index (κ3) is 2.10. The van der Waals surface area contributed by atoms with Gasteiger partial charge in [-0.2, -0.15) is 0 Å². The Bertz CT molecular complexity index is 589. The van der Waals surface area contributed by atoms with Crippen molar-refractivity contribution in [3.63, 3.8) is 0 Å². The molecule has 0 heterocycles. The lowest BCUT2D eigenvalue weighted by Gasteiger charge is -2.65. The largest absolute Gasteiger partial charge is 0.462 e. The Labute approximate surface area is 147 Å². The second-order valence-corrected chi connectivity index (χ2v) is 10.3. The zero-order valence-electron chi connectivity index (χ0n) is 16.2. The zero-order valence-corrected chi connectivity index (χ0v) is 16.2. The van der Waals surface area contributed by atoms with Gasteiger partial charge in [0.25, 0.3) is 0 Å². The van der Waals surface area contributed by atoms with E-state index in [9.17, 15) is 4.79 Å². The fourth-order valence-corrected chi connectivity index (χ4v) is 7.75. The lowest BCUT2D eigenvalue weighted by molar-refractivity contribution is -0.202. The molecule has 2 bridgehead atoms. The highest BCUT2D eigenvalue weighted by molar-refractivity contribution is 5.66. The Hall–Kier alpha value is -0.790. The molecule has 0 aromatic carbocycles. The van der Waals surface area contributed by atoms with E-state index in [1.165, 1.54) is 38.5 Å². The van der Waals surface area contributed by atoms with Crippen molar-refractivity contribution in [2.24, 2.45) is 34.0 Å². The van der Waals surface area contributed by atoms with Gasteiger partial charge in [-0.05, 0) is 74.0 Å². The van der Waals surface area contributed by atoms with Gasteiger partial charge in [-0.1, -0.05) is 38.8 Å². The van der Waals surface area contributed by atoms with Gasteiger partial charge in [0, 0.05) is 12.3 Å². The number of hydrogen-bond donors (Lipinski definition) is 0. The van der Waals surface area contributed by atoms with Crippen molar-refractivity contribution in [3.8, 4) is 0 Å². The molecule has 2 heteroatoms. The molecular weight excluding hydrogens is 296 g/mol. The van der Waals surface area contributed by atoms with Crippen molar-refractivity contribution in [3.05, 3.63) is 11.6 Å². The Kier molecular flexibility index (Phi) is 3.55. The summed E-state index contributed by atoms with van der Waals surface area (Å²) in [6, 6.07) is 0. The topological polar surface area (TPSA) is 26.3 Å². The first-order chi connectivity index (χ1) is 11.2. The van der Waals surface area contributed by atoms with Crippen LogP contribution in [0.25, 0.3) is 0 Å². The normalized spacial score (nSPS) is 49.0. The predicted octanol–water partition coefficient (Wildman–Crippen LogP) is 5.52.